The number of amides is 1. The number of hydrogen-bond acceptors (Lipinski definition) is 5. The molecule has 2 aliphatic rings. The number of nitrogens with zero attached hydrogens (tertiary/aromatic N) is 5. The molecule has 1 aromatic heterocycles. The highest BCUT2D eigenvalue weighted by Gasteiger charge is 2.28. The number of piperidine rings is 1. The van der Waals surface area contributed by atoms with Crippen molar-refractivity contribution in [3.63, 3.8) is 0 Å². The predicted octanol–water partition coefficient (Wildman–Crippen LogP) is -0.411. The Morgan fingerprint density at radius 2 is 2.25 bits per heavy atom. The van der Waals surface area contributed by atoms with Gasteiger partial charge in [0.05, 0.1) is 12.2 Å². The van der Waals surface area contributed by atoms with E-state index in [9.17, 15) is 4.79 Å². The molecular formula is C13H22N6O. The first-order valence-corrected chi connectivity index (χ1v) is 7.23. The van der Waals surface area contributed by atoms with Crippen LogP contribution in [-0.4, -0.2) is 77.0 Å². The first-order chi connectivity index (χ1) is 9.65. The van der Waals surface area contributed by atoms with Gasteiger partial charge in [-0.25, -0.2) is 4.68 Å². The number of rotatable bonds is 3. The van der Waals surface area contributed by atoms with E-state index in [0.29, 0.717) is 17.8 Å². The van der Waals surface area contributed by atoms with E-state index in [1.807, 2.05) is 4.90 Å². The topological polar surface area (TPSA) is 66.3 Å². The molecule has 0 bridgehead atoms. The second-order valence-electron chi connectivity index (χ2n) is 5.91. The molecular weight excluding hydrogens is 256 g/mol. The lowest BCUT2D eigenvalue weighted by molar-refractivity contribution is 0.0629. The highest BCUT2D eigenvalue weighted by Crippen LogP contribution is 2.16. The summed E-state index contributed by atoms with van der Waals surface area (Å²) in [4.78, 5) is 16.6. The molecule has 0 spiro atoms. The summed E-state index contributed by atoms with van der Waals surface area (Å²) < 4.78 is 1.80. The monoisotopic (exact) mass is 278 g/mol. The van der Waals surface area contributed by atoms with E-state index in [1.54, 1.807) is 10.9 Å². The zero-order valence-corrected chi connectivity index (χ0v) is 12.1. The van der Waals surface area contributed by atoms with Crippen LogP contribution in [-0.2, 0) is 0 Å². The molecule has 1 unspecified atom stereocenters. The molecule has 3 rings (SSSR count). The van der Waals surface area contributed by atoms with Gasteiger partial charge in [0.2, 0.25) is 0 Å². The van der Waals surface area contributed by atoms with E-state index in [-0.39, 0.29) is 5.91 Å². The molecule has 7 nitrogen and oxygen atoms in total. The van der Waals surface area contributed by atoms with Crippen molar-refractivity contribution in [3.8, 4) is 0 Å². The molecule has 0 aromatic carbocycles. The minimum absolute atomic E-state index is 0.00934. The number of carbonyl (C=O) groups excluding carboxylic acids is 1. The van der Waals surface area contributed by atoms with E-state index in [4.69, 9.17) is 0 Å². The fourth-order valence-electron chi connectivity index (χ4n) is 2.74. The molecule has 2 aliphatic heterocycles. The summed E-state index contributed by atoms with van der Waals surface area (Å²) in [5.74, 6) is 0.00934. The van der Waals surface area contributed by atoms with Gasteiger partial charge in [-0.3, -0.25) is 4.79 Å². The molecule has 1 N–H and O–H groups in total. The predicted molar refractivity (Wildman–Crippen MR) is 74.5 cm³/mol. The second kappa shape index (κ2) is 5.49. The molecule has 7 heteroatoms. The van der Waals surface area contributed by atoms with Gasteiger partial charge in [0, 0.05) is 32.2 Å². The molecule has 3 heterocycles. The van der Waals surface area contributed by atoms with Crippen LogP contribution < -0.4 is 5.32 Å². The van der Waals surface area contributed by atoms with Crippen LogP contribution in [0.25, 0.3) is 0 Å². The number of aromatic nitrogens is 3. The van der Waals surface area contributed by atoms with E-state index in [2.05, 4.69) is 34.6 Å². The largest absolute Gasteiger partial charge is 0.336 e. The van der Waals surface area contributed by atoms with Crippen molar-refractivity contribution in [2.75, 3.05) is 40.3 Å². The highest BCUT2D eigenvalue weighted by molar-refractivity contribution is 5.92. The average Bonchev–Trinajstić information content (AvgIpc) is 2.85. The van der Waals surface area contributed by atoms with E-state index in [0.717, 1.165) is 39.0 Å². The van der Waals surface area contributed by atoms with Gasteiger partial charge < -0.3 is 15.1 Å². The van der Waals surface area contributed by atoms with Crippen molar-refractivity contribution in [2.24, 2.45) is 0 Å². The number of likely N-dealkylation sites (N-methyl/N-ethyl adjacent to an activating group) is 1. The van der Waals surface area contributed by atoms with Gasteiger partial charge in [0.1, 0.15) is 0 Å². The maximum Gasteiger partial charge on any atom is 0.276 e. The summed E-state index contributed by atoms with van der Waals surface area (Å²) in [6.45, 7) is 3.41. The maximum atomic E-state index is 12.5. The molecule has 2 fully saturated rings. The molecule has 110 valence electrons. The number of hydrogen-bond donors (Lipinski definition) is 1. The number of nitrogens with one attached hydrogen (secondary N) is 1. The zero-order valence-electron chi connectivity index (χ0n) is 12.1. The fourth-order valence-corrected chi connectivity index (χ4v) is 2.74. The average molecular weight is 278 g/mol. The summed E-state index contributed by atoms with van der Waals surface area (Å²) in [6.07, 6.45) is 3.99. The quantitative estimate of drug-likeness (QED) is 0.814. The van der Waals surface area contributed by atoms with Crippen LogP contribution in [0.3, 0.4) is 0 Å². The van der Waals surface area contributed by atoms with Crippen LogP contribution in [0.15, 0.2) is 6.20 Å². The minimum atomic E-state index is 0.00934. The van der Waals surface area contributed by atoms with Crippen LogP contribution in [0.1, 0.15) is 29.4 Å². The van der Waals surface area contributed by atoms with Crippen molar-refractivity contribution >= 4 is 5.91 Å². The third kappa shape index (κ3) is 2.55. The lowest BCUT2D eigenvalue weighted by Gasteiger charge is -2.35. The first-order valence-electron chi connectivity index (χ1n) is 7.23. The van der Waals surface area contributed by atoms with Gasteiger partial charge in [-0.1, -0.05) is 5.21 Å². The van der Waals surface area contributed by atoms with Gasteiger partial charge in [-0.2, -0.15) is 0 Å². The van der Waals surface area contributed by atoms with E-state index < -0.39 is 0 Å². The van der Waals surface area contributed by atoms with Crippen molar-refractivity contribution in [2.45, 2.75) is 24.9 Å². The van der Waals surface area contributed by atoms with Crippen LogP contribution in [0.5, 0.6) is 0 Å². The Kier molecular flexibility index (Phi) is 3.71. The minimum Gasteiger partial charge on any atom is -0.336 e. The molecule has 20 heavy (non-hydrogen) atoms. The van der Waals surface area contributed by atoms with E-state index >= 15 is 0 Å². The van der Waals surface area contributed by atoms with Crippen LogP contribution in [0.2, 0.25) is 0 Å². The normalized spacial score (nSPS) is 23.9. The van der Waals surface area contributed by atoms with Gasteiger partial charge in [0.25, 0.3) is 5.91 Å². The van der Waals surface area contributed by atoms with Gasteiger partial charge >= 0.3 is 0 Å². The summed E-state index contributed by atoms with van der Waals surface area (Å²) in [7, 11) is 4.14. The van der Waals surface area contributed by atoms with Crippen LogP contribution in [0.4, 0.5) is 0 Å². The molecule has 0 aliphatic carbocycles. The summed E-state index contributed by atoms with van der Waals surface area (Å²) in [5.41, 5.74) is 0.469. The first kappa shape index (κ1) is 13.5. The molecule has 1 aromatic rings. The summed E-state index contributed by atoms with van der Waals surface area (Å²) in [6, 6.07) is 0.790. The van der Waals surface area contributed by atoms with Gasteiger partial charge in [-0.15, -0.1) is 5.10 Å². The van der Waals surface area contributed by atoms with Crippen molar-refractivity contribution in [3.05, 3.63) is 11.9 Å². The summed E-state index contributed by atoms with van der Waals surface area (Å²) >= 11 is 0. The van der Waals surface area contributed by atoms with Crippen LogP contribution >= 0.6 is 0 Å². The third-order valence-corrected chi connectivity index (χ3v) is 4.28. The molecule has 1 amide bonds. The van der Waals surface area contributed by atoms with Gasteiger partial charge in [-0.05, 0) is 26.9 Å². The fraction of sp³-hybridized carbons (Fsp3) is 0.769. The van der Waals surface area contributed by atoms with E-state index in [1.165, 1.54) is 0 Å². The molecule has 0 saturated carbocycles. The Balaban J connectivity index is 1.66. The molecule has 0 radical (unpaired) electrons. The van der Waals surface area contributed by atoms with Crippen molar-refractivity contribution in [1.29, 1.82) is 0 Å². The number of carbonyl (C=O) groups is 1. The highest BCUT2D eigenvalue weighted by atomic mass is 16.2. The maximum absolute atomic E-state index is 12.5. The Bertz CT molecular complexity index is 481. The zero-order chi connectivity index (χ0) is 14.1. The summed E-state index contributed by atoms with van der Waals surface area (Å²) in [5, 5.41) is 11.3. The smallest absolute Gasteiger partial charge is 0.276 e. The van der Waals surface area contributed by atoms with Crippen molar-refractivity contribution in [1.82, 2.24) is 30.1 Å². The standard InChI is InChI=1S/C13H22N6O/c1-17(2)10-4-3-5-18(8-10)13(20)12-9-19(16-15-12)11-6-14-7-11/h9-11,14H,3-8H2,1-2H3. The Morgan fingerprint density at radius 3 is 2.90 bits per heavy atom. The molecule has 2 saturated heterocycles. The number of likely N-dealkylation sites (tertiary alicyclic amines) is 1. The SMILES string of the molecule is CN(C)C1CCCN(C(=O)c2cn(C3CNC3)nn2)C1. The lowest BCUT2D eigenvalue weighted by Crippen LogP contribution is -2.47. The Labute approximate surface area is 118 Å². The second-order valence-corrected chi connectivity index (χ2v) is 5.91. The Hall–Kier alpha value is -1.47. The lowest BCUT2D eigenvalue weighted by atomic mass is 10.0. The van der Waals surface area contributed by atoms with Gasteiger partial charge in [0.15, 0.2) is 5.69 Å². The third-order valence-electron chi connectivity index (χ3n) is 4.28. The van der Waals surface area contributed by atoms with Crippen molar-refractivity contribution < 1.29 is 4.79 Å². The Morgan fingerprint density at radius 1 is 1.45 bits per heavy atom. The molecule has 1 atom stereocenters. The van der Waals surface area contributed by atoms with Crippen LogP contribution in [0, 0.1) is 0 Å².